The number of carbonyl (C=O) groups excluding carboxylic acids is 2. The smallest absolute Gasteiger partial charge is 0.282 e. The second kappa shape index (κ2) is 7.80. The molecule has 2 amide bonds. The third-order valence-electron chi connectivity index (χ3n) is 5.18. The fraction of sp³-hybridized carbons (Fsp3) is 0.120. The molecule has 3 aromatic carbocycles. The van der Waals surface area contributed by atoms with Crippen LogP contribution in [0.1, 0.15) is 22.3 Å². The minimum atomic E-state index is -1.05. The molecule has 0 aromatic heterocycles. The van der Waals surface area contributed by atoms with Gasteiger partial charge in [-0.1, -0.05) is 35.9 Å². The van der Waals surface area contributed by atoms with Gasteiger partial charge in [0.2, 0.25) is 0 Å². The molecule has 0 fully saturated rings. The first-order valence-corrected chi connectivity index (χ1v) is 9.75. The lowest BCUT2D eigenvalue weighted by molar-refractivity contribution is -0.120. The number of hydrogen-bond acceptors (Lipinski definition) is 3. The summed E-state index contributed by atoms with van der Waals surface area (Å²) in [5.41, 5.74) is 4.16. The monoisotopic (exact) mass is 418 g/mol. The van der Waals surface area contributed by atoms with Gasteiger partial charge >= 0.3 is 0 Å². The van der Waals surface area contributed by atoms with E-state index < -0.39 is 23.4 Å². The van der Waals surface area contributed by atoms with Gasteiger partial charge in [-0.2, -0.15) is 0 Å². The van der Waals surface area contributed by atoms with Crippen molar-refractivity contribution in [2.75, 3.05) is 10.2 Å². The molecule has 3 aromatic rings. The van der Waals surface area contributed by atoms with Crippen LogP contribution >= 0.6 is 0 Å². The zero-order valence-corrected chi connectivity index (χ0v) is 17.3. The maximum Gasteiger partial charge on any atom is 0.282 e. The van der Waals surface area contributed by atoms with E-state index in [1.807, 2.05) is 39.0 Å². The van der Waals surface area contributed by atoms with E-state index in [1.54, 1.807) is 24.3 Å². The van der Waals surface area contributed by atoms with Gasteiger partial charge in [-0.3, -0.25) is 9.59 Å². The van der Waals surface area contributed by atoms with Crippen molar-refractivity contribution in [3.05, 3.63) is 100 Å². The average Bonchev–Trinajstić information content (AvgIpc) is 2.95. The van der Waals surface area contributed by atoms with Gasteiger partial charge < -0.3 is 5.32 Å². The van der Waals surface area contributed by atoms with Crippen LogP contribution in [-0.4, -0.2) is 11.8 Å². The number of rotatable bonds is 4. The summed E-state index contributed by atoms with van der Waals surface area (Å²) in [5, 5.41) is 2.85. The summed E-state index contributed by atoms with van der Waals surface area (Å²) in [6, 6.07) is 15.9. The Labute approximate surface area is 178 Å². The molecule has 1 aliphatic heterocycles. The Balaban J connectivity index is 1.87. The summed E-state index contributed by atoms with van der Waals surface area (Å²) in [6.45, 7) is 5.66. The molecule has 1 N–H and O–H groups in total. The van der Waals surface area contributed by atoms with Crippen LogP contribution in [0.25, 0.3) is 5.57 Å². The van der Waals surface area contributed by atoms with Crippen molar-refractivity contribution in [1.29, 1.82) is 0 Å². The Morgan fingerprint density at radius 3 is 2.19 bits per heavy atom. The number of halogens is 2. The molecule has 0 atom stereocenters. The molecule has 1 aliphatic rings. The predicted octanol–water partition coefficient (Wildman–Crippen LogP) is 5.29. The Bertz CT molecular complexity index is 1260. The largest absolute Gasteiger partial charge is 0.350 e. The van der Waals surface area contributed by atoms with Gasteiger partial charge in [0.1, 0.15) is 5.70 Å². The highest BCUT2D eigenvalue weighted by molar-refractivity contribution is 6.46. The molecule has 156 valence electrons. The zero-order chi connectivity index (χ0) is 22.3. The number of anilines is 2. The highest BCUT2D eigenvalue weighted by Gasteiger charge is 2.40. The summed E-state index contributed by atoms with van der Waals surface area (Å²) < 4.78 is 27.1. The van der Waals surface area contributed by atoms with Crippen molar-refractivity contribution in [2.24, 2.45) is 0 Å². The number of carbonyl (C=O) groups is 2. The molecule has 4 nitrogen and oxygen atoms in total. The van der Waals surface area contributed by atoms with E-state index >= 15 is 0 Å². The number of amides is 2. The van der Waals surface area contributed by atoms with Crippen LogP contribution in [0, 0.1) is 32.4 Å². The predicted molar refractivity (Wildman–Crippen MR) is 116 cm³/mol. The molecule has 0 saturated carbocycles. The van der Waals surface area contributed by atoms with Crippen LogP contribution in [0.5, 0.6) is 0 Å². The minimum Gasteiger partial charge on any atom is -0.350 e. The molecule has 0 unspecified atom stereocenters. The van der Waals surface area contributed by atoms with Gasteiger partial charge in [-0.15, -0.1) is 0 Å². The second-order valence-corrected chi connectivity index (χ2v) is 7.61. The van der Waals surface area contributed by atoms with Crippen LogP contribution in [0.2, 0.25) is 0 Å². The summed E-state index contributed by atoms with van der Waals surface area (Å²) in [4.78, 5) is 27.9. The van der Waals surface area contributed by atoms with E-state index in [0.717, 1.165) is 33.7 Å². The lowest BCUT2D eigenvalue weighted by Crippen LogP contribution is -2.32. The third-order valence-corrected chi connectivity index (χ3v) is 5.18. The standard InChI is InChI=1S/C25H20F2N2O2/c1-14-5-4-6-18(12-14)29-24(30)22(19-9-7-15(2)11-16(19)3)23(25(29)31)28-17-8-10-20(26)21(27)13-17/h4-13,28H,1-3H3. The Morgan fingerprint density at radius 2 is 1.52 bits per heavy atom. The first kappa shape index (κ1) is 20.5. The number of imide groups is 1. The summed E-state index contributed by atoms with van der Waals surface area (Å²) in [6.07, 6.45) is 0. The highest BCUT2D eigenvalue weighted by atomic mass is 19.2. The van der Waals surface area contributed by atoms with E-state index in [1.165, 1.54) is 6.07 Å². The van der Waals surface area contributed by atoms with Crippen LogP contribution in [0.4, 0.5) is 20.2 Å². The Kier molecular flexibility index (Phi) is 5.15. The third kappa shape index (κ3) is 3.72. The van der Waals surface area contributed by atoms with Crippen molar-refractivity contribution in [1.82, 2.24) is 0 Å². The molecule has 0 saturated heterocycles. The molecule has 0 spiro atoms. The maximum absolute atomic E-state index is 13.7. The topological polar surface area (TPSA) is 49.4 Å². The lowest BCUT2D eigenvalue weighted by Gasteiger charge is -2.16. The number of hydrogen-bond donors (Lipinski definition) is 1. The molecule has 4 rings (SSSR count). The van der Waals surface area contributed by atoms with Crippen molar-refractivity contribution >= 4 is 28.8 Å². The molecule has 1 heterocycles. The first-order valence-electron chi connectivity index (χ1n) is 9.75. The summed E-state index contributed by atoms with van der Waals surface area (Å²) in [5.74, 6) is -3.08. The number of aryl methyl sites for hydroxylation is 3. The van der Waals surface area contributed by atoms with Crippen LogP contribution in [0.15, 0.2) is 66.4 Å². The SMILES string of the molecule is Cc1cccc(N2C(=O)C(Nc3ccc(F)c(F)c3)=C(c3ccc(C)cc3C)C2=O)c1. The molecular formula is C25H20F2N2O2. The van der Waals surface area contributed by atoms with E-state index in [9.17, 15) is 18.4 Å². The van der Waals surface area contributed by atoms with E-state index in [-0.39, 0.29) is 17.0 Å². The highest BCUT2D eigenvalue weighted by Crippen LogP contribution is 2.35. The maximum atomic E-state index is 13.7. The molecule has 6 heteroatoms. The molecule has 31 heavy (non-hydrogen) atoms. The fourth-order valence-corrected chi connectivity index (χ4v) is 3.71. The van der Waals surface area contributed by atoms with E-state index in [4.69, 9.17) is 0 Å². The minimum absolute atomic E-state index is 0.0180. The number of nitrogens with zero attached hydrogens (tertiary/aromatic N) is 1. The molecule has 0 aliphatic carbocycles. The lowest BCUT2D eigenvalue weighted by atomic mass is 9.97. The van der Waals surface area contributed by atoms with Gasteiger partial charge in [0.05, 0.1) is 11.3 Å². The van der Waals surface area contributed by atoms with Gasteiger partial charge in [0, 0.05) is 11.8 Å². The molecule has 0 bridgehead atoms. The number of benzene rings is 3. The van der Waals surface area contributed by atoms with Crippen LogP contribution < -0.4 is 10.2 Å². The van der Waals surface area contributed by atoms with Crippen molar-refractivity contribution in [2.45, 2.75) is 20.8 Å². The summed E-state index contributed by atoms with van der Waals surface area (Å²) in [7, 11) is 0. The first-order chi connectivity index (χ1) is 14.8. The number of nitrogens with one attached hydrogen (secondary N) is 1. The Morgan fingerprint density at radius 1 is 0.774 bits per heavy atom. The van der Waals surface area contributed by atoms with Gasteiger partial charge in [-0.05, 0) is 61.7 Å². The molecular weight excluding hydrogens is 398 g/mol. The van der Waals surface area contributed by atoms with E-state index in [0.29, 0.717) is 11.3 Å². The average molecular weight is 418 g/mol. The normalized spacial score (nSPS) is 13.9. The van der Waals surface area contributed by atoms with Crippen molar-refractivity contribution in [3.8, 4) is 0 Å². The van der Waals surface area contributed by atoms with Gasteiger partial charge in [-0.25, -0.2) is 13.7 Å². The van der Waals surface area contributed by atoms with Crippen LogP contribution in [0.3, 0.4) is 0 Å². The van der Waals surface area contributed by atoms with Gasteiger partial charge in [0.15, 0.2) is 11.6 Å². The van der Waals surface area contributed by atoms with Crippen molar-refractivity contribution in [3.63, 3.8) is 0 Å². The van der Waals surface area contributed by atoms with Crippen molar-refractivity contribution < 1.29 is 18.4 Å². The van der Waals surface area contributed by atoms with Crippen LogP contribution in [-0.2, 0) is 9.59 Å². The Hall–Kier alpha value is -3.80. The molecule has 0 radical (unpaired) electrons. The quantitative estimate of drug-likeness (QED) is 0.586. The second-order valence-electron chi connectivity index (χ2n) is 7.61. The van der Waals surface area contributed by atoms with E-state index in [2.05, 4.69) is 5.32 Å². The fourth-order valence-electron chi connectivity index (χ4n) is 3.71. The zero-order valence-electron chi connectivity index (χ0n) is 17.3. The van der Waals surface area contributed by atoms with Gasteiger partial charge in [0.25, 0.3) is 11.8 Å². The summed E-state index contributed by atoms with van der Waals surface area (Å²) >= 11 is 0.